The van der Waals surface area contributed by atoms with Gasteiger partial charge >= 0.3 is 6.18 Å². The van der Waals surface area contributed by atoms with E-state index < -0.39 is 27.8 Å². The molecule has 32 heavy (non-hydrogen) atoms. The van der Waals surface area contributed by atoms with E-state index in [2.05, 4.69) is 20.3 Å². The summed E-state index contributed by atoms with van der Waals surface area (Å²) in [6.45, 7) is 3.82. The Kier molecular flexibility index (Phi) is 5.94. The molecule has 0 saturated carbocycles. The zero-order chi connectivity index (χ0) is 23.1. The third kappa shape index (κ3) is 4.62. The van der Waals surface area contributed by atoms with Crippen LogP contribution in [0.1, 0.15) is 40.8 Å². The number of hydrogen-bond donors (Lipinski definition) is 1. The van der Waals surface area contributed by atoms with Crippen LogP contribution in [0.15, 0.2) is 41.4 Å². The third-order valence-corrected chi connectivity index (χ3v) is 7.76. The van der Waals surface area contributed by atoms with Crippen LogP contribution < -0.4 is 5.32 Å². The summed E-state index contributed by atoms with van der Waals surface area (Å²) in [5.41, 5.74) is -0.515. The quantitative estimate of drug-likeness (QED) is 0.559. The zero-order valence-electron chi connectivity index (χ0n) is 17.2. The second kappa shape index (κ2) is 8.41. The van der Waals surface area contributed by atoms with Crippen molar-refractivity contribution < 1.29 is 21.6 Å². The summed E-state index contributed by atoms with van der Waals surface area (Å²) in [7, 11) is -4.16. The van der Waals surface area contributed by atoms with Crippen molar-refractivity contribution in [3.8, 4) is 0 Å². The van der Waals surface area contributed by atoms with E-state index in [0.29, 0.717) is 41.4 Å². The number of hydrogen-bond acceptors (Lipinski definition) is 7. The molecular formula is C20H20F3N5O2S2. The summed E-state index contributed by atoms with van der Waals surface area (Å²) in [6.07, 6.45) is -1.83. The molecule has 1 aliphatic heterocycles. The molecule has 0 amide bonds. The molecule has 1 atom stereocenters. The lowest BCUT2D eigenvalue weighted by Gasteiger charge is -2.24. The van der Waals surface area contributed by atoms with Crippen LogP contribution in [0.4, 0.5) is 24.1 Å². The van der Waals surface area contributed by atoms with E-state index in [1.165, 1.54) is 21.7 Å². The van der Waals surface area contributed by atoms with Crippen LogP contribution in [0.3, 0.4) is 0 Å². The van der Waals surface area contributed by atoms with E-state index in [-0.39, 0.29) is 11.4 Å². The van der Waals surface area contributed by atoms with Crippen LogP contribution in [-0.4, -0.2) is 34.2 Å². The van der Waals surface area contributed by atoms with Gasteiger partial charge in [-0.1, -0.05) is 6.07 Å². The molecule has 1 aliphatic rings. The SMILES string of the molecule is Cc1nc(Nc2ncc(C)s2)cc([C@H]2CCCN2S(=O)(=O)c2cccc(C(F)(F)F)c2)n1. The van der Waals surface area contributed by atoms with Gasteiger partial charge in [-0.2, -0.15) is 17.5 Å². The lowest BCUT2D eigenvalue weighted by atomic mass is 10.1. The van der Waals surface area contributed by atoms with E-state index in [1.807, 2.05) is 6.92 Å². The Balaban J connectivity index is 1.66. The summed E-state index contributed by atoms with van der Waals surface area (Å²) >= 11 is 1.45. The van der Waals surface area contributed by atoms with Crippen LogP contribution >= 0.6 is 11.3 Å². The van der Waals surface area contributed by atoms with Gasteiger partial charge in [0.2, 0.25) is 10.0 Å². The molecule has 3 aromatic rings. The van der Waals surface area contributed by atoms with Crippen LogP contribution in [0, 0.1) is 13.8 Å². The maximum Gasteiger partial charge on any atom is 0.416 e. The first kappa shape index (κ1) is 22.6. The van der Waals surface area contributed by atoms with Crippen molar-refractivity contribution in [1.29, 1.82) is 0 Å². The van der Waals surface area contributed by atoms with Crippen molar-refractivity contribution >= 4 is 32.3 Å². The first-order chi connectivity index (χ1) is 15.0. The number of aromatic nitrogens is 3. The molecule has 0 aliphatic carbocycles. The minimum absolute atomic E-state index is 0.195. The molecule has 1 fully saturated rings. The topological polar surface area (TPSA) is 88.1 Å². The number of thiazole rings is 1. The summed E-state index contributed by atoms with van der Waals surface area (Å²) < 4.78 is 67.1. The number of halogens is 3. The van der Waals surface area contributed by atoms with Crippen LogP contribution in [0.5, 0.6) is 0 Å². The fraction of sp³-hybridized carbons (Fsp3) is 0.350. The maximum absolute atomic E-state index is 13.3. The monoisotopic (exact) mass is 483 g/mol. The Morgan fingerprint density at radius 3 is 2.66 bits per heavy atom. The average molecular weight is 484 g/mol. The van der Waals surface area contributed by atoms with Gasteiger partial charge in [0, 0.05) is 23.7 Å². The highest BCUT2D eigenvalue weighted by Gasteiger charge is 2.39. The fourth-order valence-electron chi connectivity index (χ4n) is 3.64. The van der Waals surface area contributed by atoms with Gasteiger partial charge in [0.05, 0.1) is 22.2 Å². The number of sulfonamides is 1. The molecule has 4 rings (SSSR count). The van der Waals surface area contributed by atoms with Crippen molar-refractivity contribution in [3.63, 3.8) is 0 Å². The minimum Gasteiger partial charge on any atom is -0.316 e. The number of alkyl halides is 3. The molecule has 0 spiro atoms. The van der Waals surface area contributed by atoms with Gasteiger partial charge in [-0.05, 0) is 44.9 Å². The Morgan fingerprint density at radius 1 is 1.19 bits per heavy atom. The van der Waals surface area contributed by atoms with Crippen LogP contribution in [0.25, 0.3) is 0 Å². The molecule has 1 aromatic carbocycles. The summed E-state index contributed by atoms with van der Waals surface area (Å²) in [4.78, 5) is 13.6. The standard InChI is InChI=1S/C20H20F3N5O2S2/c1-12-11-24-19(31-12)27-18-10-16(25-13(2)26-18)17-7-4-8-28(17)32(29,30)15-6-3-5-14(9-15)20(21,22)23/h3,5-6,9-11,17H,4,7-8H2,1-2H3,(H,24,25,26,27)/t17-/m1/s1. The average Bonchev–Trinajstić information content (AvgIpc) is 3.36. The molecule has 2 aromatic heterocycles. The van der Waals surface area contributed by atoms with Crippen molar-refractivity contribution in [2.75, 3.05) is 11.9 Å². The van der Waals surface area contributed by atoms with Crippen LogP contribution in [-0.2, 0) is 16.2 Å². The normalized spacial score (nSPS) is 17.6. The van der Waals surface area contributed by atoms with E-state index in [9.17, 15) is 21.6 Å². The molecule has 12 heteroatoms. The fourth-order valence-corrected chi connectivity index (χ4v) is 6.03. The van der Waals surface area contributed by atoms with Crippen LogP contribution in [0.2, 0.25) is 0 Å². The number of nitrogens with zero attached hydrogens (tertiary/aromatic N) is 4. The molecule has 1 saturated heterocycles. The lowest BCUT2D eigenvalue weighted by Crippen LogP contribution is -2.31. The Bertz CT molecular complexity index is 1240. The number of benzene rings is 1. The predicted octanol–water partition coefficient (Wildman–Crippen LogP) is 4.84. The molecular weight excluding hydrogens is 463 g/mol. The molecule has 1 N–H and O–H groups in total. The van der Waals surface area contributed by atoms with Gasteiger partial charge in [0.15, 0.2) is 5.13 Å². The van der Waals surface area contributed by atoms with E-state index in [1.54, 1.807) is 19.2 Å². The Labute approximate surface area is 187 Å². The van der Waals surface area contributed by atoms with Gasteiger partial charge in [0.25, 0.3) is 0 Å². The zero-order valence-corrected chi connectivity index (χ0v) is 18.9. The molecule has 0 radical (unpaired) electrons. The number of aryl methyl sites for hydroxylation is 2. The maximum atomic E-state index is 13.3. The van der Waals surface area contributed by atoms with Crippen molar-refractivity contribution in [2.45, 2.75) is 43.8 Å². The molecule has 0 unspecified atom stereocenters. The highest BCUT2D eigenvalue weighted by atomic mass is 32.2. The summed E-state index contributed by atoms with van der Waals surface area (Å²) in [5, 5.41) is 3.75. The first-order valence-corrected chi connectivity index (χ1v) is 12.0. The minimum atomic E-state index is -4.63. The van der Waals surface area contributed by atoms with Crippen molar-refractivity contribution in [2.24, 2.45) is 0 Å². The van der Waals surface area contributed by atoms with E-state index in [0.717, 1.165) is 17.0 Å². The predicted molar refractivity (Wildman–Crippen MR) is 114 cm³/mol. The van der Waals surface area contributed by atoms with Gasteiger partial charge in [-0.3, -0.25) is 0 Å². The van der Waals surface area contributed by atoms with Gasteiger partial charge < -0.3 is 5.32 Å². The third-order valence-electron chi connectivity index (χ3n) is 5.03. The molecule has 7 nitrogen and oxygen atoms in total. The largest absolute Gasteiger partial charge is 0.416 e. The smallest absolute Gasteiger partial charge is 0.316 e. The highest BCUT2D eigenvalue weighted by Crippen LogP contribution is 2.38. The Morgan fingerprint density at radius 2 is 1.97 bits per heavy atom. The van der Waals surface area contributed by atoms with Crippen molar-refractivity contribution in [1.82, 2.24) is 19.3 Å². The van der Waals surface area contributed by atoms with E-state index in [4.69, 9.17) is 0 Å². The second-order valence-corrected chi connectivity index (χ2v) is 10.6. The summed E-state index contributed by atoms with van der Waals surface area (Å²) in [6, 6.07) is 4.88. The van der Waals surface area contributed by atoms with Crippen molar-refractivity contribution in [3.05, 3.63) is 58.5 Å². The first-order valence-electron chi connectivity index (χ1n) is 9.78. The molecule has 0 bridgehead atoms. The number of anilines is 2. The second-order valence-electron chi connectivity index (χ2n) is 7.43. The molecule has 170 valence electrons. The van der Waals surface area contributed by atoms with Gasteiger partial charge in [-0.25, -0.2) is 23.4 Å². The summed E-state index contributed by atoms with van der Waals surface area (Å²) in [5.74, 6) is 0.923. The van der Waals surface area contributed by atoms with E-state index >= 15 is 0 Å². The van der Waals surface area contributed by atoms with Gasteiger partial charge in [-0.15, -0.1) is 11.3 Å². The Hall–Kier alpha value is -2.57. The highest BCUT2D eigenvalue weighted by molar-refractivity contribution is 7.89. The number of rotatable bonds is 5. The lowest BCUT2D eigenvalue weighted by molar-refractivity contribution is -0.137. The molecule has 3 heterocycles. The number of nitrogens with one attached hydrogen (secondary N) is 1. The van der Waals surface area contributed by atoms with Gasteiger partial charge in [0.1, 0.15) is 11.6 Å².